The lowest BCUT2D eigenvalue weighted by Crippen LogP contribution is -2.32. The predicted octanol–water partition coefficient (Wildman–Crippen LogP) is 3.58. The van der Waals surface area contributed by atoms with Crippen molar-refractivity contribution in [2.45, 2.75) is 30.4 Å². The molecule has 140 valence electrons. The minimum atomic E-state index is -2.64. The summed E-state index contributed by atoms with van der Waals surface area (Å²) in [5.74, 6) is -4.81. The average Bonchev–Trinajstić information content (AvgIpc) is 2.60. The monoisotopic (exact) mass is 383 g/mol. The van der Waals surface area contributed by atoms with E-state index >= 15 is 0 Å². The molecule has 0 bridgehead atoms. The smallest absolute Gasteiger partial charge is 0.336 e. The van der Waals surface area contributed by atoms with E-state index in [1.807, 2.05) is 0 Å². The molecule has 0 atom stereocenters. The van der Waals surface area contributed by atoms with Gasteiger partial charge in [0.2, 0.25) is 0 Å². The summed E-state index contributed by atoms with van der Waals surface area (Å²) >= 11 is 0.361. The van der Waals surface area contributed by atoms with Gasteiger partial charge < -0.3 is 14.8 Å². The van der Waals surface area contributed by atoms with Crippen LogP contribution >= 0.6 is 11.8 Å². The highest BCUT2D eigenvalue weighted by atomic mass is 32.2. The van der Waals surface area contributed by atoms with E-state index in [4.69, 9.17) is 9.47 Å². The second kappa shape index (κ2) is 8.35. The SMILES string of the molecule is COC(=O)C1=C(C)NC(C)=C(C(=O)OC)C1c1ccccc1SC(F)F. The topological polar surface area (TPSA) is 64.6 Å². The standard InChI is InChI=1S/C18H19F2NO4S/c1-9-13(16(22)24-3)15(14(10(2)21-9)17(23)25-4)11-7-5-6-8-12(11)26-18(19)20/h5-8,15,18,21H,1-4H3. The third-order valence-electron chi connectivity index (χ3n) is 4.02. The van der Waals surface area contributed by atoms with E-state index in [1.54, 1.807) is 32.0 Å². The highest BCUT2D eigenvalue weighted by molar-refractivity contribution is 7.99. The van der Waals surface area contributed by atoms with Crippen molar-refractivity contribution in [1.29, 1.82) is 0 Å². The Labute approximate surface area is 154 Å². The average molecular weight is 383 g/mol. The van der Waals surface area contributed by atoms with Crippen LogP contribution in [0.15, 0.2) is 51.7 Å². The summed E-state index contributed by atoms with van der Waals surface area (Å²) in [6.07, 6.45) is 0. The summed E-state index contributed by atoms with van der Waals surface area (Å²) in [7, 11) is 2.45. The number of hydrogen-bond donors (Lipinski definition) is 1. The molecular formula is C18H19F2NO4S. The quantitative estimate of drug-likeness (QED) is 0.619. The molecule has 1 aromatic carbocycles. The number of hydrogen-bond acceptors (Lipinski definition) is 6. The number of dihydropyridines is 1. The summed E-state index contributed by atoms with van der Waals surface area (Å²) in [5, 5.41) is 2.97. The zero-order valence-electron chi connectivity index (χ0n) is 14.8. The maximum absolute atomic E-state index is 13.0. The first kappa shape index (κ1) is 20.0. The predicted molar refractivity (Wildman–Crippen MR) is 93.6 cm³/mol. The highest BCUT2D eigenvalue weighted by Gasteiger charge is 2.38. The first-order valence-electron chi connectivity index (χ1n) is 7.70. The Morgan fingerprint density at radius 3 is 2.00 bits per heavy atom. The maximum atomic E-state index is 13.0. The van der Waals surface area contributed by atoms with Gasteiger partial charge in [-0.2, -0.15) is 8.78 Å². The first-order valence-corrected chi connectivity index (χ1v) is 8.58. The lowest BCUT2D eigenvalue weighted by molar-refractivity contribution is -0.137. The fourth-order valence-electron chi connectivity index (χ4n) is 2.99. The number of benzene rings is 1. The molecule has 0 amide bonds. The molecule has 0 unspecified atom stereocenters. The maximum Gasteiger partial charge on any atom is 0.336 e. The summed E-state index contributed by atoms with van der Waals surface area (Å²) in [4.78, 5) is 25.1. The van der Waals surface area contributed by atoms with Gasteiger partial charge in [0, 0.05) is 16.3 Å². The molecule has 1 aliphatic rings. The number of nitrogens with one attached hydrogen (secondary N) is 1. The zero-order chi connectivity index (χ0) is 19.4. The van der Waals surface area contributed by atoms with Crippen LogP contribution in [0.4, 0.5) is 8.78 Å². The highest BCUT2D eigenvalue weighted by Crippen LogP contribution is 2.43. The van der Waals surface area contributed by atoms with Gasteiger partial charge in [-0.15, -0.1) is 0 Å². The van der Waals surface area contributed by atoms with Gasteiger partial charge in [-0.05, 0) is 25.5 Å². The Morgan fingerprint density at radius 1 is 1.04 bits per heavy atom. The third-order valence-corrected chi connectivity index (χ3v) is 4.82. The van der Waals surface area contributed by atoms with E-state index in [9.17, 15) is 18.4 Å². The lowest BCUT2D eigenvalue weighted by Gasteiger charge is -2.31. The van der Waals surface area contributed by atoms with E-state index in [-0.39, 0.29) is 16.0 Å². The lowest BCUT2D eigenvalue weighted by atomic mass is 9.80. The Hall–Kier alpha value is -2.35. The van der Waals surface area contributed by atoms with E-state index in [0.29, 0.717) is 28.7 Å². The van der Waals surface area contributed by atoms with Crippen LogP contribution in [0.3, 0.4) is 0 Å². The fourth-order valence-corrected chi connectivity index (χ4v) is 3.66. The number of carbonyl (C=O) groups is 2. The number of esters is 2. The van der Waals surface area contributed by atoms with E-state index in [0.717, 1.165) is 0 Å². The number of alkyl halides is 2. The largest absolute Gasteiger partial charge is 0.466 e. The molecule has 2 rings (SSSR count). The van der Waals surface area contributed by atoms with Gasteiger partial charge >= 0.3 is 11.9 Å². The van der Waals surface area contributed by atoms with E-state index < -0.39 is 23.6 Å². The Balaban J connectivity index is 2.73. The Bertz CT molecular complexity index is 751. The molecule has 1 aromatic rings. The molecule has 0 aliphatic carbocycles. The summed E-state index contributed by atoms with van der Waals surface area (Å²) < 4.78 is 35.7. The van der Waals surface area contributed by atoms with Crippen LogP contribution < -0.4 is 5.32 Å². The van der Waals surface area contributed by atoms with Crippen molar-refractivity contribution in [2.75, 3.05) is 14.2 Å². The van der Waals surface area contributed by atoms with Gasteiger partial charge in [-0.25, -0.2) is 9.59 Å². The Kier molecular flexibility index (Phi) is 6.42. The van der Waals surface area contributed by atoms with Gasteiger partial charge in [0.15, 0.2) is 0 Å². The normalized spacial score (nSPS) is 15.2. The van der Waals surface area contributed by atoms with Crippen molar-refractivity contribution in [3.8, 4) is 0 Å². The molecule has 5 nitrogen and oxygen atoms in total. The number of ether oxygens (including phenoxy) is 2. The first-order chi connectivity index (χ1) is 12.3. The van der Waals surface area contributed by atoms with Gasteiger partial charge in [0.05, 0.1) is 31.3 Å². The van der Waals surface area contributed by atoms with Crippen LogP contribution in [0.25, 0.3) is 0 Å². The fraction of sp³-hybridized carbons (Fsp3) is 0.333. The number of thioether (sulfide) groups is 1. The van der Waals surface area contributed by atoms with Crippen molar-refractivity contribution in [3.63, 3.8) is 0 Å². The van der Waals surface area contributed by atoms with Crippen LogP contribution in [0.1, 0.15) is 25.3 Å². The number of carbonyl (C=O) groups excluding carboxylic acids is 2. The van der Waals surface area contributed by atoms with Crippen LogP contribution in [0.5, 0.6) is 0 Å². The summed E-state index contributed by atoms with van der Waals surface area (Å²) in [5.41, 5.74) is 1.76. The number of methoxy groups -OCH3 is 2. The third kappa shape index (κ3) is 3.90. The van der Waals surface area contributed by atoms with Gasteiger partial charge in [0.25, 0.3) is 5.76 Å². The molecule has 1 aliphatic heterocycles. The molecular weight excluding hydrogens is 364 g/mol. The summed E-state index contributed by atoms with van der Waals surface area (Å²) in [6.45, 7) is 3.33. The Morgan fingerprint density at radius 2 is 1.54 bits per heavy atom. The molecule has 26 heavy (non-hydrogen) atoms. The molecule has 0 fully saturated rings. The minimum Gasteiger partial charge on any atom is -0.466 e. The second-order valence-corrected chi connectivity index (χ2v) is 6.57. The molecule has 0 saturated heterocycles. The van der Waals surface area contributed by atoms with Crippen molar-refractivity contribution >= 4 is 23.7 Å². The van der Waals surface area contributed by atoms with Crippen molar-refractivity contribution < 1.29 is 27.8 Å². The minimum absolute atomic E-state index is 0.181. The second-order valence-electron chi connectivity index (χ2n) is 5.53. The van der Waals surface area contributed by atoms with E-state index in [1.165, 1.54) is 20.3 Å². The van der Waals surface area contributed by atoms with Crippen molar-refractivity contribution in [3.05, 3.63) is 52.4 Å². The van der Waals surface area contributed by atoms with E-state index in [2.05, 4.69) is 5.32 Å². The molecule has 0 radical (unpaired) electrons. The molecule has 1 heterocycles. The summed E-state index contributed by atoms with van der Waals surface area (Å²) in [6, 6.07) is 6.44. The molecule has 8 heteroatoms. The molecule has 0 spiro atoms. The van der Waals surface area contributed by atoms with Gasteiger partial charge in [0.1, 0.15) is 0 Å². The van der Waals surface area contributed by atoms with Crippen molar-refractivity contribution in [2.24, 2.45) is 0 Å². The molecule has 1 N–H and O–H groups in total. The van der Waals surface area contributed by atoms with Crippen molar-refractivity contribution in [1.82, 2.24) is 5.32 Å². The van der Waals surface area contributed by atoms with Crippen LogP contribution in [-0.4, -0.2) is 31.9 Å². The molecule has 0 saturated carbocycles. The number of allylic oxidation sites excluding steroid dienone is 2. The van der Waals surface area contributed by atoms with Crippen LogP contribution in [-0.2, 0) is 19.1 Å². The van der Waals surface area contributed by atoms with Gasteiger partial charge in [-0.1, -0.05) is 30.0 Å². The number of rotatable bonds is 5. The number of halogens is 2. The molecule has 0 aromatic heterocycles. The van der Waals surface area contributed by atoms with Crippen LogP contribution in [0, 0.1) is 0 Å². The zero-order valence-corrected chi connectivity index (χ0v) is 15.6. The van der Waals surface area contributed by atoms with Gasteiger partial charge in [-0.3, -0.25) is 0 Å². The van der Waals surface area contributed by atoms with Crippen LogP contribution in [0.2, 0.25) is 0 Å².